The molecule has 1 aliphatic carbocycles. The van der Waals surface area contributed by atoms with Gasteiger partial charge in [0, 0.05) is 20.4 Å². The van der Waals surface area contributed by atoms with Crippen LogP contribution in [0.3, 0.4) is 0 Å². The van der Waals surface area contributed by atoms with Crippen LogP contribution < -0.4 is 0 Å². The van der Waals surface area contributed by atoms with Gasteiger partial charge >= 0.3 is 18.0 Å². The molecule has 10 nitrogen and oxygen atoms in total. The van der Waals surface area contributed by atoms with Crippen LogP contribution in [0.1, 0.15) is 78.2 Å². The van der Waals surface area contributed by atoms with E-state index in [-0.39, 0.29) is 18.7 Å². The van der Waals surface area contributed by atoms with Crippen molar-refractivity contribution < 1.29 is 37.4 Å². The van der Waals surface area contributed by atoms with Gasteiger partial charge < -0.3 is 14.2 Å². The molecule has 2 aromatic rings. The van der Waals surface area contributed by atoms with E-state index in [1.807, 2.05) is 0 Å². The Balaban J connectivity index is 2.10. The number of carbonyl (C=O) groups is 3. The Morgan fingerprint density at radius 3 is 2.20 bits per heavy atom. The third-order valence-electron chi connectivity index (χ3n) is 6.92. The van der Waals surface area contributed by atoms with Crippen LogP contribution in [-0.2, 0) is 30.8 Å². The Hall–Kier alpha value is -4.35. The number of rotatable bonds is 5. The highest BCUT2D eigenvalue weighted by Crippen LogP contribution is 2.54. The number of carbonyl (C=O) groups excluding carboxylic acids is 3. The van der Waals surface area contributed by atoms with Gasteiger partial charge in [-0.3, -0.25) is 19.2 Å². The van der Waals surface area contributed by atoms with Crippen molar-refractivity contribution in [3.05, 3.63) is 82.6 Å². The number of ether oxygens (including phenoxy) is 3. The molecule has 1 aromatic heterocycles. The lowest BCUT2D eigenvalue weighted by Crippen LogP contribution is -2.47. The topological polar surface area (TPSA) is 113 Å². The number of benzene rings is 1. The minimum atomic E-state index is -1.17. The molecule has 1 aliphatic heterocycles. The molecule has 0 saturated heterocycles. The van der Waals surface area contributed by atoms with E-state index < -0.39 is 58.8 Å². The van der Waals surface area contributed by atoms with Gasteiger partial charge in [0.25, 0.3) is 0 Å². The molecular weight excluding hydrogens is 574 g/mol. The van der Waals surface area contributed by atoms with Gasteiger partial charge in [0.05, 0.1) is 23.6 Å². The lowest BCUT2D eigenvalue weighted by Gasteiger charge is -2.46. The average Bonchev–Trinajstić information content (AvgIpc) is 3.31. The zero-order valence-electron chi connectivity index (χ0n) is 26.2. The van der Waals surface area contributed by atoms with Gasteiger partial charge in [-0.2, -0.15) is 5.10 Å². The first kappa shape index (κ1) is 32.6. The van der Waals surface area contributed by atoms with Crippen LogP contribution in [0.25, 0.3) is 0 Å². The predicted octanol–water partition coefficient (Wildman–Crippen LogP) is 5.99. The molecule has 2 heterocycles. The molecule has 44 heavy (non-hydrogen) atoms. The molecule has 0 bridgehead atoms. The van der Waals surface area contributed by atoms with Crippen LogP contribution in [0, 0.1) is 11.7 Å². The summed E-state index contributed by atoms with van der Waals surface area (Å²) in [4.78, 5) is 45.4. The van der Waals surface area contributed by atoms with Crippen LogP contribution in [0.2, 0.25) is 0 Å². The van der Waals surface area contributed by atoms with Crippen molar-refractivity contribution in [3.63, 3.8) is 0 Å². The molecule has 0 saturated carbocycles. The summed E-state index contributed by atoms with van der Waals surface area (Å²) in [5.74, 6) is -4.03. The fourth-order valence-corrected chi connectivity index (χ4v) is 5.40. The fraction of sp³-hybridized carbons (Fsp3) is 0.469. The average molecular weight is 613 g/mol. The van der Waals surface area contributed by atoms with Gasteiger partial charge in [-0.15, -0.1) is 0 Å². The van der Waals surface area contributed by atoms with Crippen molar-refractivity contribution in [3.8, 4) is 0 Å². The van der Waals surface area contributed by atoms with E-state index in [4.69, 9.17) is 14.2 Å². The fourth-order valence-electron chi connectivity index (χ4n) is 5.40. The SMILES string of the molecule is CC(=O)OC/C=C1/C2=C(C=C(F)CC2C(=O)OC(C)(C)C)N(C(=O)OC(C)(C)C)C(c2ccc(F)cc2)C1c1ncnn1C. The van der Waals surface area contributed by atoms with E-state index in [2.05, 4.69) is 10.1 Å². The highest BCUT2D eigenvalue weighted by Gasteiger charge is 2.50. The van der Waals surface area contributed by atoms with Crippen molar-refractivity contribution in [2.45, 2.75) is 78.0 Å². The lowest BCUT2D eigenvalue weighted by atomic mass is 9.71. The first-order chi connectivity index (χ1) is 20.5. The molecule has 236 valence electrons. The number of nitrogens with zero attached hydrogens (tertiary/aromatic N) is 4. The van der Waals surface area contributed by atoms with Gasteiger partial charge in [-0.1, -0.05) is 12.1 Å². The molecule has 0 radical (unpaired) electrons. The Kier molecular flexibility index (Phi) is 9.13. The summed E-state index contributed by atoms with van der Waals surface area (Å²) in [6.07, 6.45) is 3.01. The summed E-state index contributed by atoms with van der Waals surface area (Å²) in [7, 11) is 1.67. The molecule has 12 heteroatoms. The molecule has 0 fully saturated rings. The van der Waals surface area contributed by atoms with Gasteiger partial charge in [0.1, 0.15) is 41.6 Å². The summed E-state index contributed by atoms with van der Waals surface area (Å²) in [5, 5.41) is 4.24. The van der Waals surface area contributed by atoms with Crippen molar-refractivity contribution in [2.75, 3.05) is 6.61 Å². The molecule has 3 atom stereocenters. The highest BCUT2D eigenvalue weighted by atomic mass is 19.1. The predicted molar refractivity (Wildman–Crippen MR) is 156 cm³/mol. The first-order valence-electron chi connectivity index (χ1n) is 14.3. The van der Waals surface area contributed by atoms with E-state index in [1.165, 1.54) is 53.2 Å². The van der Waals surface area contributed by atoms with E-state index >= 15 is 4.39 Å². The molecule has 3 unspecified atom stereocenters. The first-order valence-corrected chi connectivity index (χ1v) is 14.3. The van der Waals surface area contributed by atoms with Crippen LogP contribution in [0.5, 0.6) is 0 Å². The van der Waals surface area contributed by atoms with Crippen LogP contribution >= 0.6 is 0 Å². The quantitative estimate of drug-likeness (QED) is 0.299. The molecule has 0 spiro atoms. The standard InChI is InChI=1S/C32H38F2N4O6/c1-18(39)42-14-13-22-25-23(29(40)43-31(2,3)4)15-21(34)16-24(25)38(30(41)44-32(5,6)7)27(19-9-11-20(33)12-10-19)26(22)28-35-17-36-37(28)8/h9-13,16-17,23,26-27H,14-15H2,1-8H3/b22-13-. The number of amides is 1. The van der Waals surface area contributed by atoms with Gasteiger partial charge in [-0.05, 0) is 82.5 Å². The Labute approximate surface area is 255 Å². The van der Waals surface area contributed by atoms with E-state index in [0.717, 1.165) is 0 Å². The summed E-state index contributed by atoms with van der Waals surface area (Å²) in [6.45, 7) is 11.3. The van der Waals surface area contributed by atoms with E-state index in [9.17, 15) is 18.8 Å². The second-order valence-corrected chi connectivity index (χ2v) is 12.7. The minimum absolute atomic E-state index is 0.0701. The van der Waals surface area contributed by atoms with Gasteiger partial charge in [0.2, 0.25) is 0 Å². The van der Waals surface area contributed by atoms with E-state index in [0.29, 0.717) is 22.5 Å². The Morgan fingerprint density at radius 1 is 1.02 bits per heavy atom. The maximum atomic E-state index is 15.5. The minimum Gasteiger partial charge on any atom is -0.462 e. The number of aromatic nitrogens is 3. The normalized spacial score (nSPS) is 21.5. The largest absolute Gasteiger partial charge is 0.462 e. The zero-order chi connectivity index (χ0) is 32.6. The molecular formula is C32H38F2N4O6. The molecule has 1 amide bonds. The smallest absolute Gasteiger partial charge is 0.415 e. The van der Waals surface area contributed by atoms with Crippen molar-refractivity contribution in [1.82, 2.24) is 19.7 Å². The van der Waals surface area contributed by atoms with Crippen molar-refractivity contribution in [1.29, 1.82) is 0 Å². The zero-order valence-corrected chi connectivity index (χ0v) is 26.2. The summed E-state index contributed by atoms with van der Waals surface area (Å²) in [6, 6.07) is 4.57. The summed E-state index contributed by atoms with van der Waals surface area (Å²) in [5.41, 5.74) is -0.547. The van der Waals surface area contributed by atoms with Crippen LogP contribution in [0.4, 0.5) is 13.6 Å². The van der Waals surface area contributed by atoms with Crippen LogP contribution in [0.15, 0.2) is 65.4 Å². The second kappa shape index (κ2) is 12.3. The number of halogens is 2. The number of allylic oxidation sites excluding steroid dienone is 2. The Bertz CT molecular complexity index is 1530. The molecule has 0 N–H and O–H groups in total. The second-order valence-electron chi connectivity index (χ2n) is 12.7. The lowest BCUT2D eigenvalue weighted by molar-refractivity contribution is -0.158. The van der Waals surface area contributed by atoms with Gasteiger partial charge in [-0.25, -0.2) is 18.6 Å². The van der Waals surface area contributed by atoms with Crippen molar-refractivity contribution >= 4 is 18.0 Å². The number of aryl methyl sites for hydroxylation is 1. The molecule has 4 rings (SSSR count). The third kappa shape index (κ3) is 7.23. The summed E-state index contributed by atoms with van der Waals surface area (Å²) < 4.78 is 48.1. The molecule has 1 aromatic carbocycles. The van der Waals surface area contributed by atoms with E-state index in [1.54, 1.807) is 54.7 Å². The number of hydrogen-bond acceptors (Lipinski definition) is 8. The Morgan fingerprint density at radius 2 is 1.66 bits per heavy atom. The maximum absolute atomic E-state index is 15.5. The van der Waals surface area contributed by atoms with Crippen molar-refractivity contribution in [2.24, 2.45) is 13.0 Å². The van der Waals surface area contributed by atoms with Gasteiger partial charge in [0.15, 0.2) is 0 Å². The van der Waals surface area contributed by atoms with Crippen LogP contribution in [-0.4, -0.2) is 55.5 Å². The number of esters is 2. The third-order valence-corrected chi connectivity index (χ3v) is 6.92. The highest BCUT2D eigenvalue weighted by molar-refractivity contribution is 5.83. The maximum Gasteiger partial charge on any atom is 0.415 e. The monoisotopic (exact) mass is 612 g/mol. The number of hydrogen-bond donors (Lipinski definition) is 0. The summed E-state index contributed by atoms with van der Waals surface area (Å²) >= 11 is 0. The molecule has 2 aliphatic rings.